The van der Waals surface area contributed by atoms with Crippen LogP contribution in [0.1, 0.15) is 271 Å². The van der Waals surface area contributed by atoms with E-state index in [-0.39, 0.29) is 12.5 Å². The molecule has 0 aliphatic heterocycles. The van der Waals surface area contributed by atoms with Crippen molar-refractivity contribution in [2.24, 2.45) is 0 Å². The van der Waals surface area contributed by atoms with Gasteiger partial charge in [-0.3, -0.25) is 4.79 Å². The van der Waals surface area contributed by atoms with Gasteiger partial charge < -0.3 is 20.6 Å². The Morgan fingerprint density at radius 2 is 0.732 bits per heavy atom. The van der Waals surface area contributed by atoms with E-state index < -0.39 is 18.2 Å². The monoisotopic (exact) mass is 790 g/mol. The smallest absolute Gasteiger partial charge is 0.220 e. The number of aliphatic hydroxyl groups excluding tert-OH is 3. The van der Waals surface area contributed by atoms with Gasteiger partial charge in [0.15, 0.2) is 0 Å². The standard InChI is InChI=1S/C51H99NO4/c1-3-5-7-9-11-13-15-17-19-21-23-24-25-26-28-30-32-34-36-38-40-42-44-46-50(55)52-48(47-53)51(56)49(54)45-43-41-39-37-35-33-31-29-27-22-20-18-16-14-12-10-8-6-4-2/h29,31,37,39,48-49,51,53-54,56H,3-28,30,32-36,38,40-47H2,1-2H3,(H,52,55)/b31-29+,39-37+. The maximum Gasteiger partial charge on any atom is 0.220 e. The van der Waals surface area contributed by atoms with Gasteiger partial charge in [-0.2, -0.15) is 0 Å². The molecule has 332 valence electrons. The molecule has 0 radical (unpaired) electrons. The second-order valence-corrected chi connectivity index (χ2v) is 17.4. The number of nitrogens with one attached hydrogen (secondary N) is 1. The van der Waals surface area contributed by atoms with Crippen molar-refractivity contribution < 1.29 is 20.1 Å². The Kier molecular flexibility index (Phi) is 45.5. The van der Waals surface area contributed by atoms with Crippen LogP contribution in [0.2, 0.25) is 0 Å². The van der Waals surface area contributed by atoms with E-state index in [1.54, 1.807) is 0 Å². The number of amides is 1. The van der Waals surface area contributed by atoms with Crippen LogP contribution >= 0.6 is 0 Å². The van der Waals surface area contributed by atoms with Crippen LogP contribution in [0.15, 0.2) is 24.3 Å². The fourth-order valence-corrected chi connectivity index (χ4v) is 7.89. The quantitative estimate of drug-likeness (QED) is 0.0365. The molecule has 0 aromatic heterocycles. The van der Waals surface area contributed by atoms with Crippen molar-refractivity contribution in [3.05, 3.63) is 24.3 Å². The highest BCUT2D eigenvalue weighted by atomic mass is 16.3. The highest BCUT2D eigenvalue weighted by Crippen LogP contribution is 2.17. The van der Waals surface area contributed by atoms with Gasteiger partial charge in [0, 0.05) is 6.42 Å². The van der Waals surface area contributed by atoms with E-state index in [4.69, 9.17) is 0 Å². The van der Waals surface area contributed by atoms with E-state index in [1.165, 1.54) is 199 Å². The predicted molar refractivity (Wildman–Crippen MR) is 245 cm³/mol. The maximum atomic E-state index is 12.5. The lowest BCUT2D eigenvalue weighted by atomic mass is 10.0. The van der Waals surface area contributed by atoms with Crippen molar-refractivity contribution in [2.75, 3.05) is 6.61 Å². The number of hydrogen-bond acceptors (Lipinski definition) is 4. The minimum Gasteiger partial charge on any atom is -0.394 e. The molecular weight excluding hydrogens is 691 g/mol. The molecule has 0 aromatic carbocycles. The second-order valence-electron chi connectivity index (χ2n) is 17.4. The topological polar surface area (TPSA) is 89.8 Å². The molecule has 4 N–H and O–H groups in total. The third-order valence-electron chi connectivity index (χ3n) is 11.8. The molecule has 0 heterocycles. The fraction of sp³-hybridized carbons (Fsp3) is 0.902. The summed E-state index contributed by atoms with van der Waals surface area (Å²) in [4.78, 5) is 12.5. The first-order chi connectivity index (χ1) is 27.6. The molecule has 0 saturated heterocycles. The molecule has 56 heavy (non-hydrogen) atoms. The Morgan fingerprint density at radius 1 is 0.429 bits per heavy atom. The summed E-state index contributed by atoms with van der Waals surface area (Å²) in [5.74, 6) is -0.153. The Hall–Kier alpha value is -1.17. The molecule has 0 bridgehead atoms. The van der Waals surface area contributed by atoms with Crippen LogP contribution in [-0.2, 0) is 4.79 Å². The number of carbonyl (C=O) groups excluding carboxylic acids is 1. The molecular formula is C51H99NO4. The molecule has 0 aliphatic rings. The largest absolute Gasteiger partial charge is 0.394 e. The molecule has 0 spiro atoms. The zero-order chi connectivity index (χ0) is 40.8. The first-order valence-electron chi connectivity index (χ1n) is 25.1. The lowest BCUT2D eigenvalue weighted by Gasteiger charge is -2.26. The maximum absolute atomic E-state index is 12.5. The zero-order valence-electron chi connectivity index (χ0n) is 37.8. The van der Waals surface area contributed by atoms with Crippen molar-refractivity contribution in [1.29, 1.82) is 0 Å². The summed E-state index contributed by atoms with van der Waals surface area (Å²) >= 11 is 0. The average molecular weight is 790 g/mol. The van der Waals surface area contributed by atoms with Crippen molar-refractivity contribution in [2.45, 2.75) is 289 Å². The fourth-order valence-electron chi connectivity index (χ4n) is 7.89. The first kappa shape index (κ1) is 54.8. The number of hydrogen-bond donors (Lipinski definition) is 4. The lowest BCUT2D eigenvalue weighted by molar-refractivity contribution is -0.124. The van der Waals surface area contributed by atoms with Crippen LogP contribution in [0, 0.1) is 0 Å². The molecule has 0 saturated carbocycles. The summed E-state index contributed by atoms with van der Waals surface area (Å²) in [6.45, 7) is 4.19. The van der Waals surface area contributed by atoms with Crippen LogP contribution in [-0.4, -0.2) is 46.1 Å². The van der Waals surface area contributed by atoms with Crippen LogP contribution in [0.4, 0.5) is 0 Å². The van der Waals surface area contributed by atoms with E-state index >= 15 is 0 Å². The number of unbranched alkanes of at least 4 members (excludes halogenated alkanes) is 34. The number of aliphatic hydroxyl groups is 3. The highest BCUT2D eigenvalue weighted by molar-refractivity contribution is 5.76. The van der Waals surface area contributed by atoms with Crippen LogP contribution in [0.3, 0.4) is 0 Å². The predicted octanol–water partition coefficient (Wildman–Crippen LogP) is 14.9. The van der Waals surface area contributed by atoms with Crippen molar-refractivity contribution in [3.8, 4) is 0 Å². The van der Waals surface area contributed by atoms with Crippen molar-refractivity contribution >= 4 is 5.91 Å². The molecule has 5 nitrogen and oxygen atoms in total. The first-order valence-corrected chi connectivity index (χ1v) is 25.1. The molecule has 0 rings (SSSR count). The molecule has 5 heteroatoms. The van der Waals surface area contributed by atoms with E-state index in [2.05, 4.69) is 43.5 Å². The third-order valence-corrected chi connectivity index (χ3v) is 11.8. The highest BCUT2D eigenvalue weighted by Gasteiger charge is 2.26. The number of rotatable bonds is 46. The number of carbonyl (C=O) groups is 1. The van der Waals surface area contributed by atoms with Gasteiger partial charge in [0.05, 0.1) is 18.8 Å². The minimum atomic E-state index is -1.16. The Bertz CT molecular complexity index is 829. The molecule has 0 aromatic rings. The molecule has 3 unspecified atom stereocenters. The van der Waals surface area contributed by atoms with Gasteiger partial charge >= 0.3 is 0 Å². The SMILES string of the molecule is CCCCCCCCCCCC/C=C/CC/C=C/CCCC(O)C(O)C(CO)NC(=O)CCCCCCCCCCCCCCCCCCCCCCCCC. The van der Waals surface area contributed by atoms with Gasteiger partial charge in [-0.1, -0.05) is 237 Å². The Balaban J connectivity index is 3.61. The molecule has 0 fully saturated rings. The summed E-state index contributed by atoms with van der Waals surface area (Å²) in [5.41, 5.74) is 0. The van der Waals surface area contributed by atoms with E-state index in [0.717, 1.165) is 44.9 Å². The normalized spacial score (nSPS) is 13.6. The van der Waals surface area contributed by atoms with Gasteiger partial charge in [0.1, 0.15) is 6.10 Å². The van der Waals surface area contributed by atoms with Gasteiger partial charge in [-0.15, -0.1) is 0 Å². The van der Waals surface area contributed by atoms with Crippen LogP contribution in [0.25, 0.3) is 0 Å². The van der Waals surface area contributed by atoms with E-state index in [0.29, 0.717) is 12.8 Å². The van der Waals surface area contributed by atoms with E-state index in [1.807, 2.05) is 0 Å². The van der Waals surface area contributed by atoms with Crippen molar-refractivity contribution in [1.82, 2.24) is 5.32 Å². The van der Waals surface area contributed by atoms with Gasteiger partial charge in [0.25, 0.3) is 0 Å². The average Bonchev–Trinajstić information content (AvgIpc) is 3.20. The summed E-state index contributed by atoms with van der Waals surface area (Å²) in [7, 11) is 0. The van der Waals surface area contributed by atoms with Crippen molar-refractivity contribution in [3.63, 3.8) is 0 Å². The molecule has 1 amide bonds. The zero-order valence-corrected chi connectivity index (χ0v) is 37.8. The molecule has 3 atom stereocenters. The summed E-state index contributed by atoms with van der Waals surface area (Å²) in [6, 6.07) is -0.829. The Labute approximate surface area is 350 Å². The summed E-state index contributed by atoms with van der Waals surface area (Å²) in [5, 5.41) is 33.6. The van der Waals surface area contributed by atoms with Gasteiger partial charge in [-0.25, -0.2) is 0 Å². The lowest BCUT2D eigenvalue weighted by Crippen LogP contribution is -2.50. The Morgan fingerprint density at radius 3 is 1.09 bits per heavy atom. The van der Waals surface area contributed by atoms with Crippen LogP contribution < -0.4 is 5.32 Å². The summed E-state index contributed by atoms with van der Waals surface area (Å²) < 4.78 is 0. The third kappa shape index (κ3) is 41.0. The van der Waals surface area contributed by atoms with Gasteiger partial charge in [0.2, 0.25) is 5.91 Å². The van der Waals surface area contributed by atoms with E-state index in [9.17, 15) is 20.1 Å². The van der Waals surface area contributed by atoms with Crippen LogP contribution in [0.5, 0.6) is 0 Å². The summed E-state index contributed by atoms with van der Waals surface area (Å²) in [6.07, 6.45) is 57.4. The van der Waals surface area contributed by atoms with Gasteiger partial charge in [-0.05, 0) is 51.4 Å². The minimum absolute atomic E-state index is 0.153. The molecule has 0 aliphatic carbocycles. The second kappa shape index (κ2) is 46.5. The number of allylic oxidation sites excluding steroid dienone is 4.